The first-order chi connectivity index (χ1) is 39.9. The fraction of sp³-hybridized carbons (Fsp3) is 0.333. The number of benzene rings is 9. The van der Waals surface area contributed by atoms with Gasteiger partial charge in [0.2, 0.25) is 0 Å². The van der Waals surface area contributed by atoms with E-state index in [1.165, 1.54) is 128 Å². The van der Waals surface area contributed by atoms with Crippen molar-refractivity contribution in [2.24, 2.45) is 0 Å². The highest BCUT2D eigenvalue weighted by Gasteiger charge is 2.50. The van der Waals surface area contributed by atoms with E-state index in [0.29, 0.717) is 0 Å². The van der Waals surface area contributed by atoms with E-state index >= 15 is 0 Å². The van der Waals surface area contributed by atoms with Crippen molar-refractivity contribution in [2.75, 3.05) is 14.7 Å². The highest BCUT2D eigenvalue weighted by Crippen LogP contribution is 2.57. The fourth-order valence-electron chi connectivity index (χ4n) is 16.4. The molecule has 4 heteroatoms. The molecule has 14 rings (SSSR count). The summed E-state index contributed by atoms with van der Waals surface area (Å²) in [6.45, 7) is 43.1. The van der Waals surface area contributed by atoms with Crippen LogP contribution in [0.5, 0.6) is 0 Å². The molecule has 0 bridgehead atoms. The van der Waals surface area contributed by atoms with Gasteiger partial charge in [0, 0.05) is 57.1 Å². The normalized spacial score (nSPS) is 17.0. The Labute approximate surface area is 509 Å². The molecule has 3 nitrogen and oxygen atoms in total. The zero-order valence-electron chi connectivity index (χ0n) is 54.0. The van der Waals surface area contributed by atoms with Crippen LogP contribution in [0.25, 0.3) is 11.1 Å². The lowest BCUT2D eigenvalue weighted by atomic mass is 9.33. The summed E-state index contributed by atoms with van der Waals surface area (Å²) < 4.78 is 0. The third kappa shape index (κ3) is 8.34. The molecule has 0 amide bonds. The van der Waals surface area contributed by atoms with Gasteiger partial charge in [0.15, 0.2) is 0 Å². The quantitative estimate of drug-likeness (QED) is 0.159. The van der Waals surface area contributed by atoms with Gasteiger partial charge in [-0.25, -0.2) is 0 Å². The standard InChI is InChI=1S/C81H86BN3/c1-49-40-62-63(79(13,14)48-78(62,11)12)46-70(49)85-71-47-65-64(80(15,16)60-27-21-22-28-61(60)81(65,17)18)45-67(71)82-66-42-53(77(8,9)10)34-39-69(66)84(68-29-23-26-58-57-25-20-19-24-50(57)41-59(58)68)72-43-56(44-73(85)74(72)82)83(54-35-30-51(31-36-54)75(2,3)4)55-37-32-52(33-38-55)76(5,6)7/h19-40,42-47H,41,48H2,1-18H3. The van der Waals surface area contributed by atoms with Crippen LogP contribution in [0, 0.1) is 6.92 Å². The second-order valence-corrected chi connectivity index (χ2v) is 31.5. The van der Waals surface area contributed by atoms with Gasteiger partial charge in [-0.05, 0) is 195 Å². The van der Waals surface area contributed by atoms with Gasteiger partial charge in [-0.2, -0.15) is 0 Å². The van der Waals surface area contributed by atoms with Crippen molar-refractivity contribution in [3.05, 3.63) is 237 Å². The first-order valence-electron chi connectivity index (χ1n) is 31.5. The van der Waals surface area contributed by atoms with Gasteiger partial charge in [0.1, 0.15) is 0 Å². The molecular weight excluding hydrogens is 1030 g/mol. The molecule has 5 aliphatic rings. The monoisotopic (exact) mass is 1110 g/mol. The lowest BCUT2D eigenvalue weighted by Gasteiger charge is -2.49. The summed E-state index contributed by atoms with van der Waals surface area (Å²) in [5.41, 5.74) is 33.6. The maximum absolute atomic E-state index is 2.76. The number of fused-ring (bicyclic) bond motifs is 10. The summed E-state index contributed by atoms with van der Waals surface area (Å²) in [6, 6.07) is 67.7. The van der Waals surface area contributed by atoms with Gasteiger partial charge in [-0.3, -0.25) is 0 Å². The Bertz CT molecular complexity index is 4200. The third-order valence-electron chi connectivity index (χ3n) is 20.9. The second-order valence-electron chi connectivity index (χ2n) is 31.5. The Kier molecular flexibility index (Phi) is 11.9. The minimum absolute atomic E-state index is 0.00445. The van der Waals surface area contributed by atoms with E-state index in [4.69, 9.17) is 0 Å². The SMILES string of the molecule is Cc1cc2c(cc1N1c3cc4c(cc3B3c5cc(C(C)(C)C)ccc5N(c5cccc6c5Cc5ccccc5-6)c5cc(N(c6ccc(C(C)(C)C)cc6)c6ccc(C(C)(C)C)cc6)cc1c53)C(C)(C)c1ccccc1C4(C)C)C(C)(C)CC2(C)C. The number of hydrogen-bond donors (Lipinski definition) is 0. The lowest BCUT2D eigenvalue weighted by Crippen LogP contribution is -2.62. The van der Waals surface area contributed by atoms with E-state index in [0.717, 1.165) is 29.9 Å². The van der Waals surface area contributed by atoms with E-state index in [1.807, 2.05) is 0 Å². The summed E-state index contributed by atoms with van der Waals surface area (Å²) in [5.74, 6) is 0. The average Bonchev–Trinajstić information content (AvgIpc) is 1.05. The Morgan fingerprint density at radius 1 is 0.388 bits per heavy atom. The first kappa shape index (κ1) is 55.3. The highest BCUT2D eigenvalue weighted by atomic mass is 15.2. The molecule has 0 spiro atoms. The van der Waals surface area contributed by atoms with Crippen molar-refractivity contribution in [2.45, 2.75) is 175 Å². The second kappa shape index (κ2) is 18.2. The number of anilines is 9. The van der Waals surface area contributed by atoms with E-state index < -0.39 is 0 Å². The Hall–Kier alpha value is -7.56. The summed E-state index contributed by atoms with van der Waals surface area (Å²) in [4.78, 5) is 8.03. The molecule has 0 saturated heterocycles. The largest absolute Gasteiger partial charge is 0.311 e. The summed E-state index contributed by atoms with van der Waals surface area (Å²) in [7, 11) is 0. The maximum atomic E-state index is 2.76. The molecule has 85 heavy (non-hydrogen) atoms. The molecule has 2 heterocycles. The lowest BCUT2D eigenvalue weighted by molar-refractivity contribution is 0.403. The van der Waals surface area contributed by atoms with Crippen molar-refractivity contribution in [1.29, 1.82) is 0 Å². The molecule has 3 aliphatic carbocycles. The van der Waals surface area contributed by atoms with Gasteiger partial charge < -0.3 is 14.7 Å². The molecule has 0 N–H and O–H groups in total. The fourth-order valence-corrected chi connectivity index (χ4v) is 16.4. The molecule has 9 aromatic carbocycles. The van der Waals surface area contributed by atoms with Gasteiger partial charge in [-0.1, -0.05) is 227 Å². The first-order valence-corrected chi connectivity index (χ1v) is 31.5. The molecule has 0 fully saturated rings. The van der Waals surface area contributed by atoms with E-state index in [-0.39, 0.29) is 44.6 Å². The molecule has 428 valence electrons. The van der Waals surface area contributed by atoms with Crippen molar-refractivity contribution in [3.63, 3.8) is 0 Å². The third-order valence-corrected chi connectivity index (χ3v) is 20.9. The Morgan fingerprint density at radius 3 is 1.45 bits per heavy atom. The average molecular weight is 1110 g/mol. The van der Waals surface area contributed by atoms with Crippen molar-refractivity contribution >= 4 is 74.3 Å². The van der Waals surface area contributed by atoms with Gasteiger partial charge in [-0.15, -0.1) is 0 Å². The minimum atomic E-state index is -0.268. The summed E-state index contributed by atoms with van der Waals surface area (Å²) in [5, 5.41) is 0. The van der Waals surface area contributed by atoms with Gasteiger partial charge in [0.05, 0.1) is 11.4 Å². The Morgan fingerprint density at radius 2 is 0.871 bits per heavy atom. The Balaban J connectivity index is 1.15. The topological polar surface area (TPSA) is 9.72 Å². The molecule has 0 unspecified atom stereocenters. The van der Waals surface area contributed by atoms with Crippen molar-refractivity contribution in [1.82, 2.24) is 0 Å². The smallest absolute Gasteiger partial charge is 0.252 e. The van der Waals surface area contributed by atoms with Gasteiger partial charge in [0.25, 0.3) is 6.71 Å². The van der Waals surface area contributed by atoms with Crippen LogP contribution in [0.15, 0.2) is 170 Å². The number of hydrogen-bond acceptors (Lipinski definition) is 3. The summed E-state index contributed by atoms with van der Waals surface area (Å²) >= 11 is 0. The molecule has 0 radical (unpaired) electrons. The number of aryl methyl sites for hydroxylation is 1. The maximum Gasteiger partial charge on any atom is 0.252 e. The van der Waals surface area contributed by atoms with Crippen LogP contribution < -0.4 is 31.1 Å². The van der Waals surface area contributed by atoms with Crippen LogP contribution >= 0.6 is 0 Å². The molecule has 0 aromatic heterocycles. The van der Waals surface area contributed by atoms with Crippen LogP contribution in [0.3, 0.4) is 0 Å². The van der Waals surface area contributed by atoms with E-state index in [2.05, 4.69) is 309 Å². The number of rotatable bonds is 5. The zero-order valence-corrected chi connectivity index (χ0v) is 54.0. The van der Waals surface area contributed by atoms with Crippen LogP contribution in [0.1, 0.15) is 191 Å². The van der Waals surface area contributed by atoms with E-state index in [9.17, 15) is 0 Å². The predicted molar refractivity (Wildman–Crippen MR) is 366 cm³/mol. The van der Waals surface area contributed by atoms with E-state index in [1.54, 1.807) is 0 Å². The van der Waals surface area contributed by atoms with Crippen LogP contribution in [0.4, 0.5) is 51.2 Å². The zero-order chi connectivity index (χ0) is 60.0. The minimum Gasteiger partial charge on any atom is -0.311 e. The van der Waals surface area contributed by atoms with Crippen LogP contribution in [0.2, 0.25) is 0 Å². The molecule has 0 atom stereocenters. The predicted octanol–water partition coefficient (Wildman–Crippen LogP) is 19.9. The molecular formula is C81H86BN3. The molecule has 9 aromatic rings. The number of nitrogens with zero attached hydrogens (tertiary/aromatic N) is 3. The van der Waals surface area contributed by atoms with Gasteiger partial charge >= 0.3 is 0 Å². The van der Waals surface area contributed by atoms with Crippen molar-refractivity contribution in [3.8, 4) is 11.1 Å². The van der Waals surface area contributed by atoms with Crippen LogP contribution in [-0.2, 0) is 44.3 Å². The highest BCUT2D eigenvalue weighted by molar-refractivity contribution is 7.00. The molecule has 0 saturated carbocycles. The van der Waals surface area contributed by atoms with Crippen molar-refractivity contribution < 1.29 is 0 Å². The summed E-state index contributed by atoms with van der Waals surface area (Å²) in [6.07, 6.45) is 1.97. The van der Waals surface area contributed by atoms with Crippen LogP contribution in [-0.4, -0.2) is 6.71 Å². The molecule has 2 aliphatic heterocycles.